The maximum absolute atomic E-state index is 6.04. The van der Waals surface area contributed by atoms with Crippen LogP contribution in [0.25, 0.3) is 0 Å². The zero-order valence-electron chi connectivity index (χ0n) is 8.57. The first-order valence-electron chi connectivity index (χ1n) is 5.17. The first kappa shape index (κ1) is 10.4. The molecule has 1 saturated carbocycles. The second kappa shape index (κ2) is 4.00. The lowest BCUT2D eigenvalue weighted by Crippen LogP contribution is -2.38. The third kappa shape index (κ3) is 1.96. The second-order valence-electron chi connectivity index (χ2n) is 4.88. The third-order valence-electron chi connectivity index (χ3n) is 3.49. The third-order valence-corrected chi connectivity index (χ3v) is 4.02. The summed E-state index contributed by atoms with van der Waals surface area (Å²) in [5.74, 6) is 2.52. The van der Waals surface area contributed by atoms with Gasteiger partial charge in [0.25, 0.3) is 0 Å². The van der Waals surface area contributed by atoms with Gasteiger partial charge < -0.3 is 0 Å². The van der Waals surface area contributed by atoms with E-state index in [1.807, 2.05) is 0 Å². The van der Waals surface area contributed by atoms with Gasteiger partial charge in [-0.1, -0.05) is 27.2 Å². The van der Waals surface area contributed by atoms with Crippen molar-refractivity contribution in [2.75, 3.05) is 5.88 Å². The van der Waals surface area contributed by atoms with Gasteiger partial charge >= 0.3 is 0 Å². The average Bonchev–Trinajstić information content (AvgIpc) is 1.83. The Hall–Kier alpha value is 0.290. The first-order chi connectivity index (χ1) is 5.60. The number of rotatable bonds is 4. The molecule has 0 amide bonds. The molecule has 0 heterocycles. The zero-order valence-corrected chi connectivity index (χ0v) is 9.32. The highest BCUT2D eigenvalue weighted by molar-refractivity contribution is 6.18. The van der Waals surface area contributed by atoms with Crippen LogP contribution in [0.4, 0.5) is 0 Å². The van der Waals surface area contributed by atoms with Crippen molar-refractivity contribution >= 4 is 11.6 Å². The highest BCUT2D eigenvalue weighted by Gasteiger charge is 2.40. The molecule has 0 radical (unpaired) electrons. The van der Waals surface area contributed by atoms with Gasteiger partial charge in [-0.3, -0.25) is 0 Å². The number of halogens is 1. The maximum atomic E-state index is 6.04. The SMILES string of the molecule is CC(C)CC(C)C1(CCl)CCC1. The van der Waals surface area contributed by atoms with Crippen molar-refractivity contribution in [1.82, 2.24) is 0 Å². The van der Waals surface area contributed by atoms with Gasteiger partial charge in [-0.25, -0.2) is 0 Å². The van der Waals surface area contributed by atoms with E-state index in [2.05, 4.69) is 20.8 Å². The molecule has 0 aromatic carbocycles. The molecule has 1 fully saturated rings. The lowest BCUT2D eigenvalue weighted by Gasteiger charge is -2.46. The molecule has 1 atom stereocenters. The molecule has 1 rings (SSSR count). The molecule has 1 heteroatoms. The predicted molar refractivity (Wildman–Crippen MR) is 55.6 cm³/mol. The van der Waals surface area contributed by atoms with Gasteiger partial charge in [0.05, 0.1) is 0 Å². The predicted octanol–water partition coefficient (Wildman–Crippen LogP) is 4.08. The minimum absolute atomic E-state index is 0.520. The van der Waals surface area contributed by atoms with Crippen molar-refractivity contribution in [3.8, 4) is 0 Å². The van der Waals surface area contributed by atoms with Gasteiger partial charge in [0.15, 0.2) is 0 Å². The molecule has 72 valence electrons. The van der Waals surface area contributed by atoms with E-state index in [0.29, 0.717) is 5.41 Å². The summed E-state index contributed by atoms with van der Waals surface area (Å²) in [5.41, 5.74) is 0.520. The molecule has 1 unspecified atom stereocenters. The van der Waals surface area contributed by atoms with Gasteiger partial charge in [0.2, 0.25) is 0 Å². The molecule has 0 spiro atoms. The van der Waals surface area contributed by atoms with Gasteiger partial charge in [-0.05, 0) is 36.5 Å². The topological polar surface area (TPSA) is 0 Å². The van der Waals surface area contributed by atoms with Crippen molar-refractivity contribution in [2.45, 2.75) is 46.5 Å². The molecule has 1 aliphatic rings. The average molecular weight is 189 g/mol. The van der Waals surface area contributed by atoms with Crippen LogP contribution in [0.2, 0.25) is 0 Å². The highest BCUT2D eigenvalue weighted by atomic mass is 35.5. The smallest absolute Gasteiger partial charge is 0.0282 e. The lowest BCUT2D eigenvalue weighted by atomic mass is 9.61. The molecule has 0 aliphatic heterocycles. The van der Waals surface area contributed by atoms with E-state index in [9.17, 15) is 0 Å². The zero-order chi connectivity index (χ0) is 9.19. The minimum atomic E-state index is 0.520. The van der Waals surface area contributed by atoms with Gasteiger partial charge in [0, 0.05) is 5.88 Å². The summed E-state index contributed by atoms with van der Waals surface area (Å²) < 4.78 is 0. The Balaban J connectivity index is 2.43. The Morgan fingerprint density at radius 2 is 1.83 bits per heavy atom. The summed E-state index contributed by atoms with van der Waals surface area (Å²) in [5, 5.41) is 0. The van der Waals surface area contributed by atoms with E-state index in [1.54, 1.807) is 0 Å². The molecule has 1 aliphatic carbocycles. The fourth-order valence-electron chi connectivity index (χ4n) is 2.35. The maximum Gasteiger partial charge on any atom is 0.0282 e. The van der Waals surface area contributed by atoms with Crippen LogP contribution in [-0.4, -0.2) is 5.88 Å². The fourth-order valence-corrected chi connectivity index (χ4v) is 2.88. The summed E-state index contributed by atoms with van der Waals surface area (Å²) in [7, 11) is 0. The van der Waals surface area contributed by atoms with Crippen LogP contribution < -0.4 is 0 Å². The van der Waals surface area contributed by atoms with Crippen LogP contribution in [0.1, 0.15) is 46.5 Å². The van der Waals surface area contributed by atoms with Crippen LogP contribution in [0.3, 0.4) is 0 Å². The van der Waals surface area contributed by atoms with E-state index < -0.39 is 0 Å². The van der Waals surface area contributed by atoms with E-state index >= 15 is 0 Å². The number of hydrogen-bond donors (Lipinski definition) is 0. The standard InChI is InChI=1S/C11H21Cl/c1-9(2)7-10(3)11(8-12)5-4-6-11/h9-10H,4-8H2,1-3H3. The van der Waals surface area contributed by atoms with Crippen LogP contribution in [0.5, 0.6) is 0 Å². The Morgan fingerprint density at radius 1 is 1.25 bits per heavy atom. The molecule has 0 nitrogen and oxygen atoms in total. The number of hydrogen-bond acceptors (Lipinski definition) is 0. The first-order valence-corrected chi connectivity index (χ1v) is 5.70. The van der Waals surface area contributed by atoms with Crippen LogP contribution in [0, 0.1) is 17.3 Å². The summed E-state index contributed by atoms with van der Waals surface area (Å²) in [4.78, 5) is 0. The van der Waals surface area contributed by atoms with Crippen LogP contribution in [0.15, 0.2) is 0 Å². The van der Waals surface area contributed by atoms with Crippen molar-refractivity contribution in [3.63, 3.8) is 0 Å². The Bertz CT molecular complexity index is 130. The van der Waals surface area contributed by atoms with Gasteiger partial charge in [-0.2, -0.15) is 0 Å². The lowest BCUT2D eigenvalue weighted by molar-refractivity contribution is 0.0729. The summed E-state index contributed by atoms with van der Waals surface area (Å²) in [6.45, 7) is 6.98. The van der Waals surface area contributed by atoms with Crippen LogP contribution in [-0.2, 0) is 0 Å². The highest BCUT2D eigenvalue weighted by Crippen LogP contribution is 2.49. The molecule has 0 aromatic heterocycles. The molecule has 12 heavy (non-hydrogen) atoms. The molecule has 0 bridgehead atoms. The molecular weight excluding hydrogens is 168 g/mol. The monoisotopic (exact) mass is 188 g/mol. The second-order valence-corrected chi connectivity index (χ2v) is 5.15. The van der Waals surface area contributed by atoms with Gasteiger partial charge in [0.1, 0.15) is 0 Å². The summed E-state index contributed by atoms with van der Waals surface area (Å²) in [6.07, 6.45) is 5.47. The van der Waals surface area contributed by atoms with Crippen molar-refractivity contribution in [2.24, 2.45) is 17.3 Å². The molecular formula is C11H21Cl. The Labute approximate surface area is 81.7 Å². The molecule has 0 aromatic rings. The van der Waals surface area contributed by atoms with E-state index in [1.165, 1.54) is 25.7 Å². The summed E-state index contributed by atoms with van der Waals surface area (Å²) >= 11 is 6.04. The minimum Gasteiger partial charge on any atom is -0.126 e. The van der Waals surface area contributed by atoms with E-state index in [0.717, 1.165) is 17.7 Å². The van der Waals surface area contributed by atoms with Crippen molar-refractivity contribution in [1.29, 1.82) is 0 Å². The summed E-state index contributed by atoms with van der Waals surface area (Å²) in [6, 6.07) is 0. The Kier molecular flexibility index (Phi) is 3.46. The van der Waals surface area contributed by atoms with Crippen LogP contribution >= 0.6 is 11.6 Å². The largest absolute Gasteiger partial charge is 0.126 e. The quantitative estimate of drug-likeness (QED) is 0.584. The molecule has 0 N–H and O–H groups in total. The van der Waals surface area contributed by atoms with E-state index in [-0.39, 0.29) is 0 Å². The van der Waals surface area contributed by atoms with Crippen molar-refractivity contribution in [3.05, 3.63) is 0 Å². The fraction of sp³-hybridized carbons (Fsp3) is 1.00. The van der Waals surface area contributed by atoms with Crippen molar-refractivity contribution < 1.29 is 0 Å². The molecule has 0 saturated heterocycles. The van der Waals surface area contributed by atoms with Gasteiger partial charge in [-0.15, -0.1) is 11.6 Å². The Morgan fingerprint density at radius 3 is 2.08 bits per heavy atom. The number of alkyl halides is 1. The van der Waals surface area contributed by atoms with E-state index in [4.69, 9.17) is 11.6 Å². The normalized spacial score (nSPS) is 23.8.